The molecule has 2 aromatic rings. The minimum absolute atomic E-state index is 0.0539. The average molecular weight is 477 g/mol. The molecule has 1 saturated heterocycles. The van der Waals surface area contributed by atoms with E-state index in [0.717, 1.165) is 93.0 Å². The van der Waals surface area contributed by atoms with Crippen molar-refractivity contribution in [3.8, 4) is 11.4 Å². The van der Waals surface area contributed by atoms with Gasteiger partial charge in [-0.05, 0) is 32.6 Å². The van der Waals surface area contributed by atoms with Crippen LogP contribution in [0.4, 0.5) is 5.82 Å². The monoisotopic (exact) mass is 476 g/mol. The first-order chi connectivity index (χ1) is 17.1. The number of piperidine rings is 1. The van der Waals surface area contributed by atoms with Crippen molar-refractivity contribution < 1.29 is 14.3 Å². The highest BCUT2D eigenvalue weighted by atomic mass is 16.5. The molecular weight excluding hydrogens is 440 g/mol. The Bertz CT molecular complexity index is 1040. The lowest BCUT2D eigenvalue weighted by molar-refractivity contribution is -0.148. The second kappa shape index (κ2) is 10.8. The van der Waals surface area contributed by atoms with Gasteiger partial charge in [0.05, 0.1) is 24.8 Å². The standard InChI is InChI=1S/C28H36N4O3/c1-2-35-28(34)22-13-16-31(17-14-22)26-23-19-32(27(33)21-11-7-4-8-12-21)18-15-24(23)29-25(30-26)20-9-5-3-6-10-20/h3,5-6,9-10,21-22H,2,4,7-8,11-19H2,1H3. The minimum Gasteiger partial charge on any atom is -0.466 e. The van der Waals surface area contributed by atoms with Gasteiger partial charge in [-0.15, -0.1) is 0 Å². The van der Waals surface area contributed by atoms with Crippen LogP contribution < -0.4 is 4.90 Å². The summed E-state index contributed by atoms with van der Waals surface area (Å²) in [5.74, 6) is 1.98. The van der Waals surface area contributed by atoms with Crippen molar-refractivity contribution in [2.75, 3.05) is 31.1 Å². The Morgan fingerprint density at radius 2 is 1.69 bits per heavy atom. The molecule has 5 rings (SSSR count). The summed E-state index contributed by atoms with van der Waals surface area (Å²) in [6.45, 7) is 5.07. The number of nitrogens with zero attached hydrogens (tertiary/aromatic N) is 4. The maximum atomic E-state index is 13.3. The number of amides is 1. The van der Waals surface area contributed by atoms with Crippen LogP contribution in [0.5, 0.6) is 0 Å². The Kier molecular flexibility index (Phi) is 7.30. The summed E-state index contributed by atoms with van der Waals surface area (Å²) in [7, 11) is 0. The predicted octanol–water partition coefficient (Wildman–Crippen LogP) is 4.39. The third-order valence-corrected chi connectivity index (χ3v) is 7.75. The highest BCUT2D eigenvalue weighted by Gasteiger charge is 2.33. The van der Waals surface area contributed by atoms with E-state index in [9.17, 15) is 9.59 Å². The molecule has 186 valence electrons. The van der Waals surface area contributed by atoms with Gasteiger partial charge >= 0.3 is 5.97 Å². The van der Waals surface area contributed by atoms with Crippen LogP contribution in [0.1, 0.15) is 63.1 Å². The average Bonchev–Trinajstić information content (AvgIpc) is 2.93. The number of hydrogen-bond donors (Lipinski definition) is 0. The number of carbonyl (C=O) groups is 2. The number of anilines is 1. The van der Waals surface area contributed by atoms with Gasteiger partial charge in [0.15, 0.2) is 5.82 Å². The van der Waals surface area contributed by atoms with Crippen molar-refractivity contribution in [1.29, 1.82) is 0 Å². The fraction of sp³-hybridized carbons (Fsp3) is 0.571. The molecule has 1 amide bonds. The first-order valence-electron chi connectivity index (χ1n) is 13.3. The molecule has 1 saturated carbocycles. The maximum Gasteiger partial charge on any atom is 0.309 e. The molecule has 0 atom stereocenters. The van der Waals surface area contributed by atoms with Crippen LogP contribution in [-0.2, 0) is 27.3 Å². The third kappa shape index (κ3) is 5.19. The molecule has 1 aromatic carbocycles. The van der Waals surface area contributed by atoms with Crippen molar-refractivity contribution in [3.63, 3.8) is 0 Å². The molecule has 1 aromatic heterocycles. The molecule has 0 N–H and O–H groups in total. The Morgan fingerprint density at radius 3 is 2.40 bits per heavy atom. The summed E-state index contributed by atoms with van der Waals surface area (Å²) in [5, 5.41) is 0. The van der Waals surface area contributed by atoms with Crippen LogP contribution in [0, 0.1) is 11.8 Å². The molecule has 1 aliphatic carbocycles. The molecule has 2 aliphatic heterocycles. The lowest BCUT2D eigenvalue weighted by Crippen LogP contribution is -2.43. The van der Waals surface area contributed by atoms with E-state index in [-0.39, 0.29) is 17.8 Å². The lowest BCUT2D eigenvalue weighted by Gasteiger charge is -2.37. The topological polar surface area (TPSA) is 75.6 Å². The molecule has 0 unspecified atom stereocenters. The summed E-state index contributed by atoms with van der Waals surface area (Å²) < 4.78 is 5.26. The molecular formula is C28H36N4O3. The summed E-state index contributed by atoms with van der Waals surface area (Å²) >= 11 is 0. The number of ether oxygens (including phenoxy) is 1. The summed E-state index contributed by atoms with van der Waals surface area (Å²) in [6, 6.07) is 10.1. The minimum atomic E-state index is -0.0916. The van der Waals surface area contributed by atoms with Gasteiger partial charge in [-0.25, -0.2) is 9.97 Å². The fourth-order valence-electron chi connectivity index (χ4n) is 5.76. The predicted molar refractivity (Wildman–Crippen MR) is 135 cm³/mol. The van der Waals surface area contributed by atoms with Crippen LogP contribution >= 0.6 is 0 Å². The Hall–Kier alpha value is -2.96. The Morgan fingerprint density at radius 1 is 0.943 bits per heavy atom. The van der Waals surface area contributed by atoms with E-state index in [1.165, 1.54) is 6.42 Å². The molecule has 0 radical (unpaired) electrons. The molecule has 0 bridgehead atoms. The molecule has 3 aliphatic rings. The zero-order valence-electron chi connectivity index (χ0n) is 20.7. The normalized spacial score (nSPS) is 19.3. The number of rotatable bonds is 5. The van der Waals surface area contributed by atoms with Crippen molar-refractivity contribution in [2.24, 2.45) is 11.8 Å². The maximum absolute atomic E-state index is 13.3. The second-order valence-electron chi connectivity index (χ2n) is 10.0. The summed E-state index contributed by atoms with van der Waals surface area (Å²) in [5.41, 5.74) is 3.13. The lowest BCUT2D eigenvalue weighted by atomic mass is 9.87. The molecule has 35 heavy (non-hydrogen) atoms. The SMILES string of the molecule is CCOC(=O)C1CCN(c2nc(-c3ccccc3)nc3c2CN(C(=O)C2CCCCC2)CC3)CC1. The van der Waals surface area contributed by atoms with Crippen molar-refractivity contribution in [2.45, 2.75) is 64.8 Å². The van der Waals surface area contributed by atoms with Gasteiger partial charge in [0.1, 0.15) is 5.82 Å². The van der Waals surface area contributed by atoms with Crippen LogP contribution in [0.15, 0.2) is 30.3 Å². The van der Waals surface area contributed by atoms with Crippen molar-refractivity contribution >= 4 is 17.7 Å². The number of fused-ring (bicyclic) bond motifs is 1. The van der Waals surface area contributed by atoms with Crippen LogP contribution in [0.25, 0.3) is 11.4 Å². The summed E-state index contributed by atoms with van der Waals surface area (Å²) in [6.07, 6.45) is 7.85. The van der Waals surface area contributed by atoms with Gasteiger partial charge in [-0.1, -0.05) is 49.6 Å². The third-order valence-electron chi connectivity index (χ3n) is 7.75. The van der Waals surface area contributed by atoms with Crippen LogP contribution in [-0.4, -0.2) is 53.0 Å². The van der Waals surface area contributed by atoms with Crippen molar-refractivity contribution in [1.82, 2.24) is 14.9 Å². The Labute approximate surface area is 207 Å². The van der Waals surface area contributed by atoms with E-state index in [1.54, 1.807) is 0 Å². The Balaban J connectivity index is 1.42. The largest absolute Gasteiger partial charge is 0.466 e. The van der Waals surface area contributed by atoms with Crippen LogP contribution in [0.3, 0.4) is 0 Å². The highest BCUT2D eigenvalue weighted by Crippen LogP contribution is 2.34. The zero-order chi connectivity index (χ0) is 24.2. The first kappa shape index (κ1) is 23.8. The quantitative estimate of drug-likeness (QED) is 0.596. The van der Waals surface area contributed by atoms with Crippen LogP contribution in [0.2, 0.25) is 0 Å². The molecule has 7 heteroatoms. The van der Waals surface area contributed by atoms with E-state index in [4.69, 9.17) is 14.7 Å². The van der Waals surface area contributed by atoms with Crippen molar-refractivity contribution in [3.05, 3.63) is 41.6 Å². The fourth-order valence-corrected chi connectivity index (χ4v) is 5.76. The van der Waals surface area contributed by atoms with E-state index in [2.05, 4.69) is 4.90 Å². The number of carbonyl (C=O) groups excluding carboxylic acids is 2. The smallest absolute Gasteiger partial charge is 0.309 e. The van der Waals surface area contributed by atoms with E-state index in [0.29, 0.717) is 19.1 Å². The highest BCUT2D eigenvalue weighted by molar-refractivity contribution is 5.79. The van der Waals surface area contributed by atoms with Gasteiger partial charge in [0, 0.05) is 43.1 Å². The van der Waals surface area contributed by atoms with E-state index in [1.807, 2.05) is 42.2 Å². The second-order valence-corrected chi connectivity index (χ2v) is 10.0. The number of esters is 1. The number of hydrogen-bond acceptors (Lipinski definition) is 6. The van der Waals surface area contributed by atoms with Gasteiger partial charge < -0.3 is 14.5 Å². The van der Waals surface area contributed by atoms with E-state index >= 15 is 0 Å². The van der Waals surface area contributed by atoms with Gasteiger partial charge in [-0.2, -0.15) is 0 Å². The molecule has 0 spiro atoms. The van der Waals surface area contributed by atoms with Gasteiger partial charge in [0.2, 0.25) is 5.91 Å². The molecule has 3 heterocycles. The zero-order valence-corrected chi connectivity index (χ0v) is 20.7. The van der Waals surface area contributed by atoms with Gasteiger partial charge in [0.25, 0.3) is 0 Å². The van der Waals surface area contributed by atoms with E-state index < -0.39 is 0 Å². The first-order valence-corrected chi connectivity index (χ1v) is 13.3. The number of benzene rings is 1. The molecule has 2 fully saturated rings. The summed E-state index contributed by atoms with van der Waals surface area (Å²) in [4.78, 5) is 40.0. The van der Waals surface area contributed by atoms with Gasteiger partial charge in [-0.3, -0.25) is 9.59 Å². The number of aromatic nitrogens is 2. The molecule has 7 nitrogen and oxygen atoms in total.